The van der Waals surface area contributed by atoms with Crippen LogP contribution in [0.5, 0.6) is 0 Å². The number of allylic oxidation sites excluding steroid dienone is 2. The first kappa shape index (κ1) is 16.8. The van der Waals surface area contributed by atoms with Crippen LogP contribution >= 0.6 is 0 Å². The van der Waals surface area contributed by atoms with Crippen molar-refractivity contribution in [2.45, 2.75) is 72.6 Å². The lowest BCUT2D eigenvalue weighted by Gasteiger charge is -2.55. The van der Waals surface area contributed by atoms with Gasteiger partial charge in [0.15, 0.2) is 0 Å². The first-order valence-electron chi connectivity index (χ1n) is 8.73. The van der Waals surface area contributed by atoms with Crippen molar-refractivity contribution < 1.29 is 5.11 Å². The molecule has 0 aromatic heterocycles. The molecule has 0 aromatic carbocycles. The van der Waals surface area contributed by atoms with E-state index in [1.165, 1.54) is 49.7 Å². The van der Waals surface area contributed by atoms with Crippen molar-refractivity contribution in [2.75, 3.05) is 6.61 Å². The van der Waals surface area contributed by atoms with E-state index >= 15 is 0 Å². The Morgan fingerprint density at radius 1 is 1.33 bits per heavy atom. The monoisotopic (exact) mass is 290 g/mol. The molecule has 0 aromatic rings. The number of fused-ring (bicyclic) bond motifs is 1. The molecule has 0 saturated heterocycles. The summed E-state index contributed by atoms with van der Waals surface area (Å²) in [5.41, 5.74) is 3.81. The minimum absolute atomic E-state index is 0.172. The van der Waals surface area contributed by atoms with E-state index in [-0.39, 0.29) is 6.61 Å². The summed E-state index contributed by atoms with van der Waals surface area (Å²) >= 11 is 0. The average Bonchev–Trinajstić information content (AvgIpc) is 2.39. The van der Waals surface area contributed by atoms with Crippen LogP contribution in [0.25, 0.3) is 0 Å². The molecule has 3 atom stereocenters. The van der Waals surface area contributed by atoms with E-state index in [2.05, 4.69) is 34.3 Å². The van der Waals surface area contributed by atoms with E-state index < -0.39 is 0 Å². The SMILES string of the molecule is C=C1CC[C@H]2CC(C)(C)CC[C@]2(C)[C@H]1CC/C(C)=C/CO. The van der Waals surface area contributed by atoms with Crippen molar-refractivity contribution in [1.82, 2.24) is 0 Å². The van der Waals surface area contributed by atoms with Crippen molar-refractivity contribution in [3.8, 4) is 0 Å². The van der Waals surface area contributed by atoms with Crippen molar-refractivity contribution >= 4 is 0 Å². The molecule has 0 spiro atoms. The van der Waals surface area contributed by atoms with Crippen LogP contribution in [0.3, 0.4) is 0 Å². The molecule has 1 N–H and O–H groups in total. The molecule has 2 aliphatic rings. The Kier molecular flexibility index (Phi) is 5.03. The standard InChI is InChI=1S/C20H34O/c1-15(10-13-21)6-9-18-16(2)7-8-17-14-19(3,4)11-12-20(17,18)5/h10,17-18,21H,2,6-9,11-14H2,1,3-5H3/b15-10+/t17-,18-,20-/m0/s1. The molecule has 2 saturated carbocycles. The summed E-state index contributed by atoms with van der Waals surface area (Å²) in [6.45, 7) is 14.2. The minimum Gasteiger partial charge on any atom is -0.392 e. The predicted octanol–water partition coefficient (Wildman–Crippen LogP) is 5.50. The fourth-order valence-corrected chi connectivity index (χ4v) is 4.87. The average molecular weight is 290 g/mol. The van der Waals surface area contributed by atoms with Gasteiger partial charge in [-0.1, -0.05) is 44.6 Å². The molecule has 2 fully saturated rings. The summed E-state index contributed by atoms with van der Waals surface area (Å²) in [7, 11) is 0. The van der Waals surface area contributed by atoms with Crippen LogP contribution < -0.4 is 0 Å². The van der Waals surface area contributed by atoms with Gasteiger partial charge < -0.3 is 5.11 Å². The van der Waals surface area contributed by atoms with E-state index in [9.17, 15) is 0 Å². The molecule has 2 aliphatic carbocycles. The number of hydrogen-bond donors (Lipinski definition) is 1. The van der Waals surface area contributed by atoms with Crippen LogP contribution in [-0.4, -0.2) is 11.7 Å². The first-order valence-corrected chi connectivity index (χ1v) is 8.73. The van der Waals surface area contributed by atoms with Gasteiger partial charge in [-0.05, 0) is 74.5 Å². The Morgan fingerprint density at radius 2 is 2.05 bits per heavy atom. The fraction of sp³-hybridized carbons (Fsp3) is 0.800. The smallest absolute Gasteiger partial charge is 0.0614 e. The maximum atomic E-state index is 9.03. The molecular weight excluding hydrogens is 256 g/mol. The number of rotatable bonds is 4. The Hall–Kier alpha value is -0.560. The van der Waals surface area contributed by atoms with Gasteiger partial charge in [0.2, 0.25) is 0 Å². The lowest BCUT2D eigenvalue weighted by molar-refractivity contribution is -0.0197. The first-order chi connectivity index (χ1) is 9.78. The molecular formula is C20H34O. The summed E-state index contributed by atoms with van der Waals surface area (Å²) in [5, 5.41) is 9.03. The third-order valence-corrected chi connectivity index (χ3v) is 6.44. The third kappa shape index (κ3) is 3.62. The molecule has 0 bridgehead atoms. The summed E-state index contributed by atoms with van der Waals surface area (Å²) in [6, 6.07) is 0. The zero-order chi connectivity index (χ0) is 15.7. The number of aliphatic hydroxyl groups is 1. The molecule has 1 heteroatoms. The Balaban J connectivity index is 2.11. The topological polar surface area (TPSA) is 20.2 Å². The second-order valence-electron chi connectivity index (χ2n) is 8.59. The fourth-order valence-electron chi connectivity index (χ4n) is 4.87. The maximum absolute atomic E-state index is 9.03. The van der Waals surface area contributed by atoms with E-state index in [0.717, 1.165) is 12.3 Å². The van der Waals surface area contributed by atoms with Crippen molar-refractivity contribution in [3.05, 3.63) is 23.8 Å². The van der Waals surface area contributed by atoms with Crippen LogP contribution in [0.2, 0.25) is 0 Å². The molecule has 0 aliphatic heterocycles. The third-order valence-electron chi connectivity index (χ3n) is 6.44. The lowest BCUT2D eigenvalue weighted by Crippen LogP contribution is -2.45. The molecule has 21 heavy (non-hydrogen) atoms. The lowest BCUT2D eigenvalue weighted by atomic mass is 9.50. The van der Waals surface area contributed by atoms with Gasteiger partial charge >= 0.3 is 0 Å². The number of aliphatic hydroxyl groups excluding tert-OH is 1. The van der Waals surface area contributed by atoms with Crippen LogP contribution in [0.15, 0.2) is 23.8 Å². The van der Waals surface area contributed by atoms with Crippen molar-refractivity contribution in [3.63, 3.8) is 0 Å². The van der Waals surface area contributed by atoms with Crippen molar-refractivity contribution in [2.24, 2.45) is 22.7 Å². The van der Waals surface area contributed by atoms with Gasteiger partial charge in [-0.3, -0.25) is 0 Å². The predicted molar refractivity (Wildman–Crippen MR) is 91.2 cm³/mol. The van der Waals surface area contributed by atoms with Gasteiger partial charge in [0.05, 0.1) is 6.61 Å². The quantitative estimate of drug-likeness (QED) is 0.677. The summed E-state index contributed by atoms with van der Waals surface area (Å²) in [5.74, 6) is 1.55. The highest BCUT2D eigenvalue weighted by Gasteiger charge is 2.49. The van der Waals surface area contributed by atoms with Gasteiger partial charge in [-0.25, -0.2) is 0 Å². The zero-order valence-electron chi connectivity index (χ0n) is 14.5. The van der Waals surface area contributed by atoms with Crippen molar-refractivity contribution in [1.29, 1.82) is 0 Å². The summed E-state index contributed by atoms with van der Waals surface area (Å²) in [6.07, 6.45) is 11.0. The van der Waals surface area contributed by atoms with Gasteiger partial charge in [-0.15, -0.1) is 0 Å². The highest BCUT2D eigenvalue weighted by atomic mass is 16.2. The molecule has 2 rings (SSSR count). The van der Waals surface area contributed by atoms with E-state index in [4.69, 9.17) is 5.11 Å². The normalized spacial score (nSPS) is 36.4. The molecule has 0 unspecified atom stereocenters. The Morgan fingerprint density at radius 3 is 2.71 bits per heavy atom. The van der Waals surface area contributed by atoms with Crippen LogP contribution in [0.1, 0.15) is 72.6 Å². The molecule has 120 valence electrons. The van der Waals surface area contributed by atoms with Gasteiger partial charge in [-0.2, -0.15) is 0 Å². The molecule has 0 amide bonds. The zero-order valence-corrected chi connectivity index (χ0v) is 14.5. The molecule has 0 heterocycles. The highest BCUT2D eigenvalue weighted by molar-refractivity contribution is 5.15. The van der Waals surface area contributed by atoms with E-state index in [1.807, 2.05) is 6.08 Å². The molecule has 0 radical (unpaired) electrons. The number of hydrogen-bond acceptors (Lipinski definition) is 1. The second-order valence-corrected chi connectivity index (χ2v) is 8.59. The summed E-state index contributed by atoms with van der Waals surface area (Å²) in [4.78, 5) is 0. The minimum atomic E-state index is 0.172. The largest absolute Gasteiger partial charge is 0.392 e. The van der Waals surface area contributed by atoms with Gasteiger partial charge in [0.1, 0.15) is 0 Å². The van der Waals surface area contributed by atoms with Crippen LogP contribution in [0.4, 0.5) is 0 Å². The van der Waals surface area contributed by atoms with Gasteiger partial charge in [0, 0.05) is 0 Å². The van der Waals surface area contributed by atoms with E-state index in [0.29, 0.717) is 16.7 Å². The molecule has 1 nitrogen and oxygen atoms in total. The second kappa shape index (κ2) is 6.28. The van der Waals surface area contributed by atoms with E-state index in [1.54, 1.807) is 0 Å². The Labute approximate surface area is 131 Å². The van der Waals surface area contributed by atoms with Crippen LogP contribution in [-0.2, 0) is 0 Å². The van der Waals surface area contributed by atoms with Crippen LogP contribution in [0, 0.1) is 22.7 Å². The Bertz CT molecular complexity index is 418. The highest BCUT2D eigenvalue weighted by Crippen LogP contribution is 2.59. The maximum Gasteiger partial charge on any atom is 0.0614 e. The van der Waals surface area contributed by atoms with Gasteiger partial charge in [0.25, 0.3) is 0 Å². The summed E-state index contributed by atoms with van der Waals surface area (Å²) < 4.78 is 0.